The highest BCUT2D eigenvalue weighted by Crippen LogP contribution is 2.15. The number of rotatable bonds is 4. The highest BCUT2D eigenvalue weighted by molar-refractivity contribution is 6.19. The van der Waals surface area contributed by atoms with Crippen molar-refractivity contribution in [1.29, 1.82) is 0 Å². The molecule has 1 rings (SSSR count). The third-order valence-electron chi connectivity index (χ3n) is 2.27. The van der Waals surface area contributed by atoms with Crippen molar-refractivity contribution < 1.29 is 4.79 Å². The standard InChI is InChI=1S/C12H16ClNO/c1-3-14(12(15)8-9-13)11-6-4-10(2)5-7-11/h4-7H,3,8-9H2,1-2H3. The second-order valence-electron chi connectivity index (χ2n) is 3.41. The SMILES string of the molecule is CCN(C(=O)CCCl)c1ccc(C)cc1. The molecule has 1 amide bonds. The van der Waals surface area contributed by atoms with Crippen molar-refractivity contribution in [3.8, 4) is 0 Å². The molecule has 0 saturated heterocycles. The van der Waals surface area contributed by atoms with E-state index < -0.39 is 0 Å². The van der Waals surface area contributed by atoms with Gasteiger partial charge in [-0.25, -0.2) is 0 Å². The van der Waals surface area contributed by atoms with Crippen LogP contribution in [0.1, 0.15) is 18.9 Å². The fourth-order valence-electron chi connectivity index (χ4n) is 1.44. The maximum Gasteiger partial charge on any atom is 0.228 e. The van der Waals surface area contributed by atoms with Gasteiger partial charge in [0.25, 0.3) is 0 Å². The number of carbonyl (C=O) groups excluding carboxylic acids is 1. The number of halogens is 1. The fourth-order valence-corrected chi connectivity index (χ4v) is 1.61. The van der Waals surface area contributed by atoms with Crippen LogP contribution in [-0.4, -0.2) is 18.3 Å². The quantitative estimate of drug-likeness (QED) is 0.722. The Bertz CT molecular complexity index is 321. The normalized spacial score (nSPS) is 10.1. The van der Waals surface area contributed by atoms with Crippen molar-refractivity contribution >= 4 is 23.2 Å². The van der Waals surface area contributed by atoms with Crippen LogP contribution >= 0.6 is 11.6 Å². The van der Waals surface area contributed by atoms with Crippen LogP contribution in [0.2, 0.25) is 0 Å². The number of amides is 1. The number of aryl methyl sites for hydroxylation is 1. The summed E-state index contributed by atoms with van der Waals surface area (Å²) in [4.78, 5) is 13.5. The number of benzene rings is 1. The van der Waals surface area contributed by atoms with Crippen LogP contribution in [0.5, 0.6) is 0 Å². The number of anilines is 1. The lowest BCUT2D eigenvalue weighted by molar-refractivity contribution is -0.118. The van der Waals surface area contributed by atoms with Crippen molar-refractivity contribution in [3.63, 3.8) is 0 Å². The first-order chi connectivity index (χ1) is 7.19. The van der Waals surface area contributed by atoms with Gasteiger partial charge < -0.3 is 4.90 Å². The average Bonchev–Trinajstić information content (AvgIpc) is 2.22. The van der Waals surface area contributed by atoms with Gasteiger partial charge in [-0.05, 0) is 26.0 Å². The van der Waals surface area contributed by atoms with Gasteiger partial charge in [0.05, 0.1) is 0 Å². The zero-order valence-electron chi connectivity index (χ0n) is 9.16. The van der Waals surface area contributed by atoms with Crippen LogP contribution in [0.3, 0.4) is 0 Å². The Balaban J connectivity index is 2.82. The summed E-state index contributed by atoms with van der Waals surface area (Å²) < 4.78 is 0. The molecule has 1 aromatic rings. The Hall–Kier alpha value is -1.02. The molecular formula is C12H16ClNO. The van der Waals surface area contributed by atoms with E-state index in [1.54, 1.807) is 4.90 Å². The molecule has 0 unspecified atom stereocenters. The molecule has 0 aliphatic rings. The van der Waals surface area contributed by atoms with E-state index >= 15 is 0 Å². The summed E-state index contributed by atoms with van der Waals surface area (Å²) in [5, 5.41) is 0. The van der Waals surface area contributed by atoms with E-state index in [1.165, 1.54) is 5.56 Å². The van der Waals surface area contributed by atoms with Gasteiger partial charge in [-0.3, -0.25) is 4.79 Å². The Kier molecular flexibility index (Phi) is 4.63. The molecule has 0 aliphatic heterocycles. The summed E-state index contributed by atoms with van der Waals surface area (Å²) in [5.41, 5.74) is 2.14. The zero-order valence-corrected chi connectivity index (χ0v) is 9.92. The molecule has 0 spiro atoms. The predicted octanol–water partition coefficient (Wildman–Crippen LogP) is 2.98. The Morgan fingerprint density at radius 1 is 1.33 bits per heavy atom. The minimum atomic E-state index is 0.0800. The highest BCUT2D eigenvalue weighted by Gasteiger charge is 2.12. The first kappa shape index (κ1) is 12.1. The van der Waals surface area contributed by atoms with Crippen LogP contribution in [0.15, 0.2) is 24.3 Å². The summed E-state index contributed by atoms with van der Waals surface area (Å²) in [5.74, 6) is 0.456. The van der Waals surface area contributed by atoms with E-state index in [1.807, 2.05) is 38.1 Å². The molecular weight excluding hydrogens is 210 g/mol. The molecule has 2 nitrogen and oxygen atoms in total. The van der Waals surface area contributed by atoms with Crippen molar-refractivity contribution in [3.05, 3.63) is 29.8 Å². The molecule has 0 radical (unpaired) electrons. The van der Waals surface area contributed by atoms with Crippen molar-refractivity contribution in [2.45, 2.75) is 20.3 Å². The van der Waals surface area contributed by atoms with Crippen LogP contribution in [0.25, 0.3) is 0 Å². The second kappa shape index (κ2) is 5.76. The molecule has 0 aromatic heterocycles. The van der Waals surface area contributed by atoms with Gasteiger partial charge in [-0.15, -0.1) is 11.6 Å². The van der Waals surface area contributed by atoms with Crippen molar-refractivity contribution in [1.82, 2.24) is 0 Å². The van der Waals surface area contributed by atoms with E-state index in [4.69, 9.17) is 11.6 Å². The molecule has 0 saturated carbocycles. The molecule has 3 heteroatoms. The lowest BCUT2D eigenvalue weighted by atomic mass is 10.2. The van der Waals surface area contributed by atoms with Gasteiger partial charge in [0.1, 0.15) is 0 Å². The van der Waals surface area contributed by atoms with E-state index in [2.05, 4.69) is 0 Å². The maximum absolute atomic E-state index is 11.7. The lowest BCUT2D eigenvalue weighted by Gasteiger charge is -2.20. The summed E-state index contributed by atoms with van der Waals surface area (Å²) in [7, 11) is 0. The second-order valence-corrected chi connectivity index (χ2v) is 3.79. The monoisotopic (exact) mass is 225 g/mol. The summed E-state index contributed by atoms with van der Waals surface area (Å²) in [6.07, 6.45) is 0.392. The molecule has 15 heavy (non-hydrogen) atoms. The third kappa shape index (κ3) is 3.24. The molecule has 0 N–H and O–H groups in total. The number of nitrogens with zero attached hydrogens (tertiary/aromatic N) is 1. The third-order valence-corrected chi connectivity index (χ3v) is 2.46. The lowest BCUT2D eigenvalue weighted by Crippen LogP contribution is -2.30. The molecule has 0 bridgehead atoms. The molecule has 0 aliphatic carbocycles. The first-order valence-corrected chi connectivity index (χ1v) is 5.65. The van der Waals surface area contributed by atoms with Crippen molar-refractivity contribution in [2.75, 3.05) is 17.3 Å². The van der Waals surface area contributed by atoms with Crippen LogP contribution < -0.4 is 4.90 Å². The van der Waals surface area contributed by atoms with Gasteiger partial charge in [0, 0.05) is 24.5 Å². The van der Waals surface area contributed by atoms with E-state index in [9.17, 15) is 4.79 Å². The van der Waals surface area contributed by atoms with E-state index in [-0.39, 0.29) is 5.91 Å². The number of hydrogen-bond donors (Lipinski definition) is 0. The van der Waals surface area contributed by atoms with E-state index in [0.717, 1.165) is 5.69 Å². The molecule has 1 aromatic carbocycles. The zero-order chi connectivity index (χ0) is 11.3. The molecule has 82 valence electrons. The predicted molar refractivity (Wildman–Crippen MR) is 64.5 cm³/mol. The fraction of sp³-hybridized carbons (Fsp3) is 0.417. The minimum Gasteiger partial charge on any atom is -0.313 e. The van der Waals surface area contributed by atoms with Gasteiger partial charge in [0.15, 0.2) is 0 Å². The molecule has 0 atom stereocenters. The van der Waals surface area contributed by atoms with Crippen LogP contribution in [-0.2, 0) is 4.79 Å². The van der Waals surface area contributed by atoms with Gasteiger partial charge >= 0.3 is 0 Å². The van der Waals surface area contributed by atoms with Gasteiger partial charge in [-0.1, -0.05) is 17.7 Å². The summed E-state index contributed by atoms with van der Waals surface area (Å²) >= 11 is 5.56. The smallest absolute Gasteiger partial charge is 0.228 e. The Morgan fingerprint density at radius 3 is 2.40 bits per heavy atom. The Labute approximate surface area is 95.8 Å². The largest absolute Gasteiger partial charge is 0.313 e. The average molecular weight is 226 g/mol. The number of alkyl halides is 1. The van der Waals surface area contributed by atoms with Crippen LogP contribution in [0, 0.1) is 6.92 Å². The molecule has 0 fully saturated rings. The minimum absolute atomic E-state index is 0.0800. The summed E-state index contributed by atoms with van der Waals surface area (Å²) in [6, 6.07) is 7.94. The molecule has 0 heterocycles. The maximum atomic E-state index is 11.7. The highest BCUT2D eigenvalue weighted by atomic mass is 35.5. The van der Waals surface area contributed by atoms with Crippen LogP contribution in [0.4, 0.5) is 5.69 Å². The number of hydrogen-bond acceptors (Lipinski definition) is 1. The van der Waals surface area contributed by atoms with Crippen molar-refractivity contribution in [2.24, 2.45) is 0 Å². The topological polar surface area (TPSA) is 20.3 Å². The van der Waals surface area contributed by atoms with Gasteiger partial charge in [-0.2, -0.15) is 0 Å². The van der Waals surface area contributed by atoms with E-state index in [0.29, 0.717) is 18.8 Å². The summed E-state index contributed by atoms with van der Waals surface area (Å²) in [6.45, 7) is 4.67. The van der Waals surface area contributed by atoms with Gasteiger partial charge in [0.2, 0.25) is 5.91 Å². The Morgan fingerprint density at radius 2 is 1.93 bits per heavy atom. The number of carbonyl (C=O) groups is 1. The first-order valence-electron chi connectivity index (χ1n) is 5.12.